The van der Waals surface area contributed by atoms with Crippen LogP contribution in [0.15, 0.2) is 12.2 Å². The van der Waals surface area contributed by atoms with Crippen LogP contribution in [0.1, 0.15) is 106 Å². The lowest BCUT2D eigenvalue weighted by molar-refractivity contribution is -0.375. The molecule has 3 saturated heterocycles. The summed E-state index contributed by atoms with van der Waals surface area (Å²) in [7, 11) is 0. The average molecular weight is 957 g/mol. The summed E-state index contributed by atoms with van der Waals surface area (Å²) in [6.07, 6.45) is -18.4. The molecule has 0 aromatic carbocycles. The average Bonchev–Trinajstić information content (AvgIpc) is 3.68. The molecule has 0 aromatic rings. The molecule has 67 heavy (non-hydrogen) atoms. The molecular formula is C48H76O19. The summed E-state index contributed by atoms with van der Waals surface area (Å²) >= 11 is 0. The highest BCUT2D eigenvalue weighted by molar-refractivity contribution is 5.78. The van der Waals surface area contributed by atoms with Crippen LogP contribution in [0.25, 0.3) is 0 Å². The van der Waals surface area contributed by atoms with Crippen molar-refractivity contribution in [2.24, 2.45) is 56.7 Å². The van der Waals surface area contributed by atoms with E-state index in [0.717, 1.165) is 50.5 Å². The number of aliphatic hydroxyl groups excluding tert-OH is 10. The number of carboxylic acids is 1. The minimum atomic E-state index is -1.98. The van der Waals surface area contributed by atoms with E-state index in [1.807, 2.05) is 6.92 Å². The van der Waals surface area contributed by atoms with E-state index < -0.39 is 134 Å². The molecule has 5 saturated carbocycles. The van der Waals surface area contributed by atoms with Crippen molar-refractivity contribution < 1.29 is 94.2 Å². The van der Waals surface area contributed by atoms with Crippen LogP contribution in [0, 0.1) is 56.7 Å². The van der Waals surface area contributed by atoms with Gasteiger partial charge in [0.25, 0.3) is 0 Å². The van der Waals surface area contributed by atoms with E-state index in [1.54, 1.807) is 0 Å². The SMILES string of the molecule is C=C(C)[C@@H]1CC[C@]2(C(=O)O[C@@H]3O[C@H](CO)[C@@H](O)[C@H](O)[C@H]3O)CC[C@]3(C)[C@@H](CC[C@H]4[C@@]5(C)CC[C@H](O[C@@H]6O[C@H](C(=O)O)[C@@H](O)[C@H](O)[C@H]6O[C@@H]6O[C@H](CO)[C@@H](O)[C@H](O)[C@H]6O)C(C)(C)[C@@H]5CC[C@]43C)[C@H]12. The summed E-state index contributed by atoms with van der Waals surface area (Å²) in [4.78, 5) is 27.0. The van der Waals surface area contributed by atoms with Crippen LogP contribution in [-0.4, -0.2) is 180 Å². The molecule has 3 aliphatic heterocycles. The molecule has 0 spiro atoms. The molecule has 11 N–H and O–H groups in total. The number of hydrogen-bond acceptors (Lipinski definition) is 18. The fourth-order valence-electron chi connectivity index (χ4n) is 15.9. The molecule has 19 heteroatoms. The van der Waals surface area contributed by atoms with Gasteiger partial charge in [-0.15, -0.1) is 0 Å². The van der Waals surface area contributed by atoms with Crippen molar-refractivity contribution in [3.05, 3.63) is 12.2 Å². The highest BCUT2D eigenvalue weighted by atomic mass is 16.8. The Kier molecular flexibility index (Phi) is 14.0. The number of carbonyl (C=O) groups is 2. The molecule has 0 amide bonds. The summed E-state index contributed by atoms with van der Waals surface area (Å²) in [6, 6.07) is 0. The summed E-state index contributed by atoms with van der Waals surface area (Å²) in [5, 5.41) is 115. The molecule has 0 unspecified atom stereocenters. The van der Waals surface area contributed by atoms with E-state index in [4.69, 9.17) is 28.4 Å². The summed E-state index contributed by atoms with van der Waals surface area (Å²) < 4.78 is 35.7. The molecular weight excluding hydrogens is 881 g/mol. The first kappa shape index (κ1) is 51.4. The Morgan fingerprint density at radius 3 is 1.82 bits per heavy atom. The smallest absolute Gasteiger partial charge is 0.335 e. The first-order valence-electron chi connectivity index (χ1n) is 24.4. The van der Waals surface area contributed by atoms with Gasteiger partial charge in [-0.05, 0) is 122 Å². The Hall–Kier alpha value is -1.92. The number of ether oxygens (including phenoxy) is 6. The second-order valence-electron chi connectivity index (χ2n) is 23.0. The fourth-order valence-corrected chi connectivity index (χ4v) is 15.9. The number of hydrogen-bond donors (Lipinski definition) is 11. The second kappa shape index (κ2) is 18.3. The second-order valence-corrected chi connectivity index (χ2v) is 23.0. The predicted molar refractivity (Wildman–Crippen MR) is 231 cm³/mol. The van der Waals surface area contributed by atoms with Gasteiger partial charge in [-0.3, -0.25) is 4.79 Å². The third-order valence-electron chi connectivity index (χ3n) is 19.7. The lowest BCUT2D eigenvalue weighted by atomic mass is 9.32. The lowest BCUT2D eigenvalue weighted by Crippen LogP contribution is -2.68. The zero-order valence-electron chi connectivity index (χ0n) is 39.5. The van der Waals surface area contributed by atoms with Crippen molar-refractivity contribution in [1.29, 1.82) is 0 Å². The maximum Gasteiger partial charge on any atom is 0.335 e. The molecule has 19 nitrogen and oxygen atoms in total. The van der Waals surface area contributed by atoms with Crippen LogP contribution in [0.4, 0.5) is 0 Å². The minimum Gasteiger partial charge on any atom is -0.479 e. The van der Waals surface area contributed by atoms with Crippen molar-refractivity contribution >= 4 is 11.9 Å². The van der Waals surface area contributed by atoms with Crippen LogP contribution in [-0.2, 0) is 38.0 Å². The fraction of sp³-hybridized carbons (Fsp3) is 0.917. The Morgan fingerprint density at radius 1 is 0.612 bits per heavy atom. The van der Waals surface area contributed by atoms with Gasteiger partial charge in [0, 0.05) is 0 Å². The summed E-state index contributed by atoms with van der Waals surface area (Å²) in [5.74, 6) is -1.63. The number of aliphatic hydroxyl groups is 10. The molecule has 5 aliphatic carbocycles. The monoisotopic (exact) mass is 956 g/mol. The largest absolute Gasteiger partial charge is 0.479 e. The molecule has 0 bridgehead atoms. The maximum absolute atomic E-state index is 14.7. The number of rotatable bonds is 10. The predicted octanol–water partition coefficient (Wildman–Crippen LogP) is 0.0887. The quantitative estimate of drug-likeness (QED) is 0.0785. The van der Waals surface area contributed by atoms with Gasteiger partial charge < -0.3 is 84.6 Å². The molecule has 8 aliphatic rings. The molecule has 0 radical (unpaired) electrons. The van der Waals surface area contributed by atoms with E-state index in [2.05, 4.69) is 41.2 Å². The number of allylic oxidation sites excluding steroid dienone is 1. The van der Waals surface area contributed by atoms with Crippen molar-refractivity contribution in [3.63, 3.8) is 0 Å². The zero-order valence-corrected chi connectivity index (χ0v) is 39.5. The van der Waals surface area contributed by atoms with Crippen LogP contribution >= 0.6 is 0 Å². The Morgan fingerprint density at radius 2 is 1.22 bits per heavy atom. The van der Waals surface area contributed by atoms with E-state index in [1.165, 1.54) is 0 Å². The van der Waals surface area contributed by atoms with Gasteiger partial charge in [0.2, 0.25) is 6.29 Å². The number of carboxylic acid groups (broad SMARTS) is 1. The van der Waals surface area contributed by atoms with Gasteiger partial charge in [0.05, 0.1) is 24.7 Å². The number of fused-ring (bicyclic) bond motifs is 7. The normalized spacial score (nSPS) is 53.9. The summed E-state index contributed by atoms with van der Waals surface area (Å²) in [6.45, 7) is 16.5. The van der Waals surface area contributed by atoms with Crippen molar-refractivity contribution in [2.45, 2.75) is 204 Å². The first-order valence-corrected chi connectivity index (χ1v) is 24.4. The van der Waals surface area contributed by atoms with Gasteiger partial charge in [0.15, 0.2) is 18.7 Å². The topological polar surface area (TPSA) is 312 Å². The van der Waals surface area contributed by atoms with Gasteiger partial charge in [0.1, 0.15) is 67.1 Å². The van der Waals surface area contributed by atoms with Crippen molar-refractivity contribution in [2.75, 3.05) is 13.2 Å². The minimum absolute atomic E-state index is 0.0430. The third kappa shape index (κ3) is 7.88. The molecule has 3 heterocycles. The van der Waals surface area contributed by atoms with Crippen LogP contribution in [0.2, 0.25) is 0 Å². The Labute approximate surface area is 391 Å². The first-order chi connectivity index (χ1) is 31.3. The van der Waals surface area contributed by atoms with E-state index in [0.29, 0.717) is 19.3 Å². The number of aliphatic carboxylic acids is 1. The zero-order chi connectivity index (χ0) is 49.1. The van der Waals surface area contributed by atoms with Crippen molar-refractivity contribution in [3.8, 4) is 0 Å². The van der Waals surface area contributed by atoms with E-state index in [9.17, 15) is 65.8 Å². The highest BCUT2D eigenvalue weighted by Gasteiger charge is 2.73. The van der Waals surface area contributed by atoms with Crippen LogP contribution < -0.4 is 0 Å². The van der Waals surface area contributed by atoms with E-state index in [-0.39, 0.29) is 45.8 Å². The molecule has 8 rings (SSSR count). The Balaban J connectivity index is 1.03. The van der Waals surface area contributed by atoms with Gasteiger partial charge >= 0.3 is 11.9 Å². The highest BCUT2D eigenvalue weighted by Crippen LogP contribution is 2.78. The van der Waals surface area contributed by atoms with E-state index >= 15 is 0 Å². The third-order valence-corrected chi connectivity index (χ3v) is 19.7. The molecule has 8 fully saturated rings. The van der Waals surface area contributed by atoms with Crippen LogP contribution in [0.5, 0.6) is 0 Å². The molecule has 382 valence electrons. The lowest BCUT2D eigenvalue weighted by Gasteiger charge is -2.73. The molecule has 0 aromatic heterocycles. The summed E-state index contributed by atoms with van der Waals surface area (Å²) in [5.41, 5.74) is -1.02. The maximum atomic E-state index is 14.7. The number of esters is 1. The van der Waals surface area contributed by atoms with Crippen molar-refractivity contribution in [1.82, 2.24) is 0 Å². The number of carbonyl (C=O) groups excluding carboxylic acids is 1. The Bertz CT molecular complexity index is 1850. The van der Waals surface area contributed by atoms with Crippen LogP contribution in [0.3, 0.4) is 0 Å². The standard InChI is InChI=1S/C48H76O19/c1-20(2)21-10-15-48(43(61)67-41-36(58)32(54)30(52)24(19-50)63-41)17-16-46(6)22(28(21)48)8-9-26-45(5)13-12-27(44(3,4)25(45)11-14-47(26,46)7)64-42-38(34(56)33(55)37(65-42)39(59)60)66-40-35(57)31(53)29(51)23(18-49)62-40/h21-38,40-42,49-58H,1,8-19H2,2-7H3,(H,59,60)/t21-,22-,23+,24+,25-,26-,27-,28-,29+,30+,31-,32-,33-,34-,35+,36+,37-,38+,40-,41-,42+,45-,46+,47+,48-/m0/s1. The van der Waals surface area contributed by atoms with Gasteiger partial charge in [-0.25, -0.2) is 4.79 Å². The van der Waals surface area contributed by atoms with Gasteiger partial charge in [-0.2, -0.15) is 0 Å². The molecule has 25 atom stereocenters. The van der Waals surface area contributed by atoms with Gasteiger partial charge in [-0.1, -0.05) is 46.8 Å².